The molecular weight excluding hydrogens is 384 g/mol. The van der Waals surface area contributed by atoms with Crippen LogP contribution in [0.15, 0.2) is 36.4 Å². The number of hydrogen-bond donors (Lipinski definition) is 1. The molecule has 2 fully saturated rings. The van der Waals surface area contributed by atoms with Crippen molar-refractivity contribution >= 4 is 16.7 Å². The Bertz CT molecular complexity index is 889. The second kappa shape index (κ2) is 8.63. The summed E-state index contributed by atoms with van der Waals surface area (Å²) in [5, 5.41) is 12.3. The normalized spacial score (nSPS) is 20.2. The summed E-state index contributed by atoms with van der Waals surface area (Å²) >= 11 is 0. The second-order valence-electron chi connectivity index (χ2n) is 8.75. The summed E-state index contributed by atoms with van der Waals surface area (Å²) in [4.78, 5) is 12.5. The molecule has 0 saturated carbocycles. The van der Waals surface area contributed by atoms with Crippen LogP contribution >= 0.6 is 0 Å². The highest BCUT2D eigenvalue weighted by atomic mass is 16.6. The molecule has 2 aromatic carbocycles. The van der Waals surface area contributed by atoms with Gasteiger partial charge in [-0.25, -0.2) is 4.79 Å². The van der Waals surface area contributed by atoms with E-state index < -0.39 is 6.29 Å². The zero-order valence-electron chi connectivity index (χ0n) is 17.7. The number of carbonyl (C=O) groups is 1. The standard InChI is InChI=1S/C24H30O6/c1-3-23(11-27-12-23)15-29-21(25)19-7-5-18-10-20(8-6-17(18)9-19)22(26)30-16-24(4-2)13-28-14-24/h5-10,21,25H,3-4,11-16H2,1-2H3. The van der Waals surface area contributed by atoms with Gasteiger partial charge in [0.15, 0.2) is 6.29 Å². The van der Waals surface area contributed by atoms with Gasteiger partial charge in [0.05, 0.1) is 44.0 Å². The molecule has 162 valence electrons. The van der Waals surface area contributed by atoms with Gasteiger partial charge < -0.3 is 24.1 Å². The first kappa shape index (κ1) is 21.2. The molecule has 0 radical (unpaired) electrons. The van der Waals surface area contributed by atoms with E-state index in [1.54, 1.807) is 6.07 Å². The fraction of sp³-hybridized carbons (Fsp3) is 0.542. The summed E-state index contributed by atoms with van der Waals surface area (Å²) in [5.74, 6) is -0.323. The first-order valence-electron chi connectivity index (χ1n) is 10.6. The summed E-state index contributed by atoms with van der Waals surface area (Å²) in [6.07, 6.45) is 0.901. The molecule has 0 bridgehead atoms. The third-order valence-corrected chi connectivity index (χ3v) is 6.57. The lowest BCUT2D eigenvalue weighted by Gasteiger charge is -2.40. The van der Waals surface area contributed by atoms with Gasteiger partial charge in [0.2, 0.25) is 0 Å². The van der Waals surface area contributed by atoms with Crippen molar-refractivity contribution in [2.24, 2.45) is 10.8 Å². The largest absolute Gasteiger partial charge is 0.461 e. The van der Waals surface area contributed by atoms with Gasteiger partial charge in [0, 0.05) is 11.0 Å². The van der Waals surface area contributed by atoms with Crippen molar-refractivity contribution in [3.63, 3.8) is 0 Å². The van der Waals surface area contributed by atoms with Gasteiger partial charge in [0.1, 0.15) is 6.61 Å². The highest BCUT2D eigenvalue weighted by molar-refractivity contribution is 5.95. The first-order chi connectivity index (χ1) is 14.5. The third-order valence-electron chi connectivity index (χ3n) is 6.57. The van der Waals surface area contributed by atoms with Crippen LogP contribution in [-0.2, 0) is 18.9 Å². The maximum absolute atomic E-state index is 12.5. The highest BCUT2D eigenvalue weighted by Gasteiger charge is 2.39. The summed E-state index contributed by atoms with van der Waals surface area (Å²) in [7, 11) is 0. The number of fused-ring (bicyclic) bond motifs is 1. The van der Waals surface area contributed by atoms with Crippen LogP contribution in [0.3, 0.4) is 0 Å². The van der Waals surface area contributed by atoms with Crippen LogP contribution in [0.2, 0.25) is 0 Å². The van der Waals surface area contributed by atoms with Crippen molar-refractivity contribution < 1.29 is 28.8 Å². The van der Waals surface area contributed by atoms with E-state index in [0.717, 1.165) is 23.6 Å². The maximum Gasteiger partial charge on any atom is 0.338 e. The molecule has 1 unspecified atom stereocenters. The quantitative estimate of drug-likeness (QED) is 0.496. The number of aliphatic hydroxyl groups excluding tert-OH is 1. The van der Waals surface area contributed by atoms with E-state index >= 15 is 0 Å². The zero-order valence-corrected chi connectivity index (χ0v) is 17.7. The van der Waals surface area contributed by atoms with Crippen molar-refractivity contribution in [3.8, 4) is 0 Å². The fourth-order valence-electron chi connectivity index (χ4n) is 3.76. The van der Waals surface area contributed by atoms with Crippen LogP contribution in [0.5, 0.6) is 0 Å². The van der Waals surface area contributed by atoms with Gasteiger partial charge in [-0.3, -0.25) is 0 Å². The summed E-state index contributed by atoms with van der Waals surface area (Å²) < 4.78 is 21.8. The van der Waals surface area contributed by atoms with Crippen LogP contribution in [0.4, 0.5) is 0 Å². The third kappa shape index (κ3) is 4.23. The van der Waals surface area contributed by atoms with Crippen LogP contribution in [0.1, 0.15) is 48.9 Å². The van der Waals surface area contributed by atoms with Crippen LogP contribution in [0, 0.1) is 10.8 Å². The Balaban J connectivity index is 1.40. The molecule has 6 heteroatoms. The number of aliphatic hydroxyl groups is 1. The fourth-order valence-corrected chi connectivity index (χ4v) is 3.76. The topological polar surface area (TPSA) is 74.2 Å². The molecule has 0 aromatic heterocycles. The first-order valence-corrected chi connectivity index (χ1v) is 10.6. The average molecular weight is 414 g/mol. The Kier molecular flexibility index (Phi) is 6.11. The predicted molar refractivity (Wildman–Crippen MR) is 112 cm³/mol. The van der Waals surface area contributed by atoms with Crippen molar-refractivity contribution in [1.82, 2.24) is 0 Å². The number of hydrogen-bond acceptors (Lipinski definition) is 6. The minimum atomic E-state index is -0.988. The Morgan fingerprint density at radius 2 is 1.57 bits per heavy atom. The lowest BCUT2D eigenvalue weighted by molar-refractivity contribution is -0.195. The Labute approximate surface area is 177 Å². The second-order valence-corrected chi connectivity index (χ2v) is 8.75. The van der Waals surface area contributed by atoms with E-state index in [4.69, 9.17) is 18.9 Å². The van der Waals surface area contributed by atoms with E-state index in [-0.39, 0.29) is 16.8 Å². The van der Waals surface area contributed by atoms with Gasteiger partial charge in [-0.1, -0.05) is 32.0 Å². The maximum atomic E-state index is 12.5. The van der Waals surface area contributed by atoms with E-state index in [2.05, 4.69) is 13.8 Å². The highest BCUT2D eigenvalue weighted by Crippen LogP contribution is 2.34. The Hall–Kier alpha value is -1.99. The molecule has 0 amide bonds. The molecule has 2 saturated heterocycles. The summed E-state index contributed by atoms with van der Waals surface area (Å²) in [6, 6.07) is 11.1. The number of carbonyl (C=O) groups excluding carboxylic acids is 1. The number of esters is 1. The Morgan fingerprint density at radius 1 is 0.967 bits per heavy atom. The molecule has 2 aromatic rings. The van der Waals surface area contributed by atoms with Gasteiger partial charge >= 0.3 is 5.97 Å². The number of rotatable bonds is 9. The number of ether oxygens (including phenoxy) is 4. The van der Waals surface area contributed by atoms with Gasteiger partial charge in [-0.05, 0) is 41.8 Å². The predicted octanol–water partition coefficient (Wildman–Crippen LogP) is 3.86. The molecule has 1 N–H and O–H groups in total. The molecule has 4 rings (SSSR count). The van der Waals surface area contributed by atoms with Gasteiger partial charge in [0.25, 0.3) is 0 Å². The molecule has 0 aliphatic carbocycles. The molecule has 30 heavy (non-hydrogen) atoms. The summed E-state index contributed by atoms with van der Waals surface area (Å²) in [5.41, 5.74) is 1.21. The van der Waals surface area contributed by atoms with Gasteiger partial charge in [-0.15, -0.1) is 0 Å². The molecule has 2 aliphatic heterocycles. The van der Waals surface area contributed by atoms with E-state index in [1.807, 2.05) is 30.3 Å². The smallest absolute Gasteiger partial charge is 0.338 e. The lowest BCUT2D eigenvalue weighted by Crippen LogP contribution is -2.46. The van der Waals surface area contributed by atoms with Crippen molar-refractivity contribution in [1.29, 1.82) is 0 Å². The van der Waals surface area contributed by atoms with Crippen LogP contribution in [-0.4, -0.2) is 50.7 Å². The molecule has 2 heterocycles. The SMILES string of the molecule is CCC1(COC(=O)c2ccc3cc(C(O)OCC4(CC)COC4)ccc3c2)COC1. The molecular formula is C24H30O6. The Morgan fingerprint density at radius 3 is 2.17 bits per heavy atom. The minimum absolute atomic E-state index is 0.0229. The number of benzene rings is 2. The summed E-state index contributed by atoms with van der Waals surface area (Å²) in [6.45, 7) is 7.70. The monoisotopic (exact) mass is 414 g/mol. The molecule has 6 nitrogen and oxygen atoms in total. The lowest BCUT2D eigenvalue weighted by atomic mass is 9.84. The van der Waals surface area contributed by atoms with Crippen molar-refractivity contribution in [2.45, 2.75) is 33.0 Å². The van der Waals surface area contributed by atoms with Crippen LogP contribution in [0.25, 0.3) is 10.8 Å². The van der Waals surface area contributed by atoms with Crippen molar-refractivity contribution in [3.05, 3.63) is 47.5 Å². The van der Waals surface area contributed by atoms with Gasteiger partial charge in [-0.2, -0.15) is 0 Å². The van der Waals surface area contributed by atoms with Crippen molar-refractivity contribution in [2.75, 3.05) is 39.6 Å². The molecule has 1 atom stereocenters. The van der Waals surface area contributed by atoms with E-state index in [0.29, 0.717) is 50.8 Å². The molecule has 0 spiro atoms. The molecule has 2 aliphatic rings. The average Bonchev–Trinajstić information content (AvgIpc) is 2.71. The zero-order chi connectivity index (χ0) is 21.2. The van der Waals surface area contributed by atoms with E-state index in [1.165, 1.54) is 0 Å². The van der Waals surface area contributed by atoms with Crippen LogP contribution < -0.4 is 0 Å². The van der Waals surface area contributed by atoms with E-state index in [9.17, 15) is 9.90 Å². The minimum Gasteiger partial charge on any atom is -0.461 e.